The average molecular weight is 386 g/mol. The molecule has 0 aliphatic rings. The summed E-state index contributed by atoms with van der Waals surface area (Å²) in [6, 6.07) is 12.0. The minimum atomic E-state index is -1.21. The molecular formula is C21H23FN2O4. The van der Waals surface area contributed by atoms with Crippen molar-refractivity contribution < 1.29 is 23.9 Å². The summed E-state index contributed by atoms with van der Waals surface area (Å²) in [6.07, 6.45) is 0.799. The van der Waals surface area contributed by atoms with Crippen LogP contribution >= 0.6 is 0 Å². The van der Waals surface area contributed by atoms with E-state index in [1.54, 1.807) is 0 Å². The van der Waals surface area contributed by atoms with Gasteiger partial charge in [0.1, 0.15) is 11.9 Å². The standard InChI is InChI=1S/C21H23FN2O4/c1-14-2-4-15(5-3-14)8-11-19(25)23-13-20(26)24-18(21(27)28)12-16-6-9-17(22)10-7-16/h2-7,9-10,18H,8,11-13H2,1H3,(H,23,25)(H,24,26)(H,27,28)/t18-/m1/s1. The Labute approximate surface area is 162 Å². The lowest BCUT2D eigenvalue weighted by Gasteiger charge is -2.15. The number of aliphatic carboxylic acids is 1. The fourth-order valence-electron chi connectivity index (χ4n) is 2.58. The molecule has 0 aromatic heterocycles. The Morgan fingerprint density at radius 1 is 0.964 bits per heavy atom. The molecule has 0 heterocycles. The highest BCUT2D eigenvalue weighted by Gasteiger charge is 2.20. The number of amides is 2. The van der Waals surface area contributed by atoms with Crippen LogP contribution < -0.4 is 10.6 Å². The van der Waals surface area contributed by atoms with Gasteiger partial charge in [0.15, 0.2) is 0 Å². The van der Waals surface area contributed by atoms with E-state index in [-0.39, 0.29) is 25.3 Å². The van der Waals surface area contributed by atoms with E-state index < -0.39 is 23.7 Å². The third-order valence-corrected chi connectivity index (χ3v) is 4.19. The molecule has 0 aliphatic carbocycles. The SMILES string of the molecule is Cc1ccc(CCC(=O)NCC(=O)N[C@H](Cc2ccc(F)cc2)C(=O)O)cc1. The van der Waals surface area contributed by atoms with Crippen LogP contribution in [-0.4, -0.2) is 35.5 Å². The number of carbonyl (C=O) groups excluding carboxylic acids is 2. The maximum atomic E-state index is 12.9. The first-order valence-electron chi connectivity index (χ1n) is 8.92. The van der Waals surface area contributed by atoms with E-state index in [2.05, 4.69) is 10.6 Å². The number of rotatable bonds is 9. The van der Waals surface area contributed by atoms with Gasteiger partial charge in [-0.1, -0.05) is 42.0 Å². The molecule has 0 spiro atoms. The zero-order valence-corrected chi connectivity index (χ0v) is 15.6. The molecule has 3 N–H and O–H groups in total. The van der Waals surface area contributed by atoms with Gasteiger partial charge in [0.05, 0.1) is 6.54 Å². The monoisotopic (exact) mass is 386 g/mol. The summed E-state index contributed by atoms with van der Waals surface area (Å²) in [7, 11) is 0. The Morgan fingerprint density at radius 2 is 1.57 bits per heavy atom. The van der Waals surface area contributed by atoms with E-state index in [0.29, 0.717) is 12.0 Å². The highest BCUT2D eigenvalue weighted by atomic mass is 19.1. The molecule has 2 amide bonds. The first-order chi connectivity index (χ1) is 13.3. The molecule has 7 heteroatoms. The molecule has 0 saturated heterocycles. The van der Waals surface area contributed by atoms with Gasteiger partial charge in [-0.2, -0.15) is 0 Å². The van der Waals surface area contributed by atoms with E-state index in [0.717, 1.165) is 11.1 Å². The molecule has 2 aromatic rings. The third-order valence-electron chi connectivity index (χ3n) is 4.19. The Hall–Kier alpha value is -3.22. The smallest absolute Gasteiger partial charge is 0.326 e. The Morgan fingerprint density at radius 3 is 2.18 bits per heavy atom. The highest BCUT2D eigenvalue weighted by molar-refractivity contribution is 5.88. The number of carbonyl (C=O) groups is 3. The lowest BCUT2D eigenvalue weighted by atomic mass is 10.1. The summed E-state index contributed by atoms with van der Waals surface area (Å²) >= 11 is 0. The molecule has 2 aromatic carbocycles. The second-order valence-corrected chi connectivity index (χ2v) is 6.55. The van der Waals surface area contributed by atoms with E-state index >= 15 is 0 Å². The van der Waals surface area contributed by atoms with Crippen molar-refractivity contribution in [3.8, 4) is 0 Å². The van der Waals surface area contributed by atoms with Gasteiger partial charge in [0.2, 0.25) is 11.8 Å². The average Bonchev–Trinajstić information content (AvgIpc) is 2.67. The van der Waals surface area contributed by atoms with Gasteiger partial charge in [0.25, 0.3) is 0 Å². The number of benzene rings is 2. The van der Waals surface area contributed by atoms with Crippen molar-refractivity contribution in [1.29, 1.82) is 0 Å². The van der Waals surface area contributed by atoms with Crippen molar-refractivity contribution >= 4 is 17.8 Å². The zero-order chi connectivity index (χ0) is 20.5. The van der Waals surface area contributed by atoms with Crippen molar-refractivity contribution in [2.24, 2.45) is 0 Å². The van der Waals surface area contributed by atoms with Crippen LogP contribution in [0.15, 0.2) is 48.5 Å². The quantitative estimate of drug-likeness (QED) is 0.614. The summed E-state index contributed by atoms with van der Waals surface area (Å²) in [6.45, 7) is 1.68. The summed E-state index contributed by atoms with van der Waals surface area (Å²) in [4.78, 5) is 35.2. The van der Waals surface area contributed by atoms with Crippen LogP contribution in [0.1, 0.15) is 23.1 Å². The molecule has 0 aliphatic heterocycles. The van der Waals surface area contributed by atoms with E-state index in [1.165, 1.54) is 24.3 Å². The maximum absolute atomic E-state index is 12.9. The van der Waals surface area contributed by atoms with Gasteiger partial charge >= 0.3 is 5.97 Å². The zero-order valence-electron chi connectivity index (χ0n) is 15.6. The number of hydrogen-bond donors (Lipinski definition) is 3. The molecule has 0 bridgehead atoms. The largest absolute Gasteiger partial charge is 0.480 e. The van der Waals surface area contributed by atoms with Gasteiger partial charge in [-0.05, 0) is 36.6 Å². The van der Waals surface area contributed by atoms with E-state index in [9.17, 15) is 23.9 Å². The molecule has 1 atom stereocenters. The van der Waals surface area contributed by atoms with Crippen molar-refractivity contribution in [2.45, 2.75) is 32.2 Å². The fourth-order valence-corrected chi connectivity index (χ4v) is 2.58. The number of aryl methyl sites for hydroxylation is 2. The first-order valence-corrected chi connectivity index (χ1v) is 8.92. The molecule has 2 rings (SSSR count). The van der Waals surface area contributed by atoms with Crippen LogP contribution in [0.5, 0.6) is 0 Å². The van der Waals surface area contributed by atoms with Crippen LogP contribution in [0.3, 0.4) is 0 Å². The van der Waals surface area contributed by atoms with Gasteiger partial charge in [-0.15, -0.1) is 0 Å². The number of carboxylic acids is 1. The molecule has 0 fully saturated rings. The maximum Gasteiger partial charge on any atom is 0.326 e. The topological polar surface area (TPSA) is 95.5 Å². The Bertz CT molecular complexity index is 819. The lowest BCUT2D eigenvalue weighted by molar-refractivity contribution is -0.141. The number of hydrogen-bond acceptors (Lipinski definition) is 3. The Balaban J connectivity index is 1.77. The normalized spacial score (nSPS) is 11.5. The fraction of sp³-hybridized carbons (Fsp3) is 0.286. The molecule has 0 saturated carbocycles. The van der Waals surface area contributed by atoms with Crippen molar-refractivity contribution in [3.05, 3.63) is 71.0 Å². The minimum absolute atomic E-state index is 0.0166. The van der Waals surface area contributed by atoms with Crippen molar-refractivity contribution in [1.82, 2.24) is 10.6 Å². The van der Waals surface area contributed by atoms with Crippen molar-refractivity contribution in [3.63, 3.8) is 0 Å². The van der Waals surface area contributed by atoms with E-state index in [1.807, 2.05) is 31.2 Å². The van der Waals surface area contributed by atoms with Crippen LogP contribution in [0.2, 0.25) is 0 Å². The predicted octanol–water partition coefficient (Wildman–Crippen LogP) is 2.00. The summed E-state index contributed by atoms with van der Waals surface area (Å²) in [5, 5.41) is 14.1. The lowest BCUT2D eigenvalue weighted by Crippen LogP contribution is -2.46. The third kappa shape index (κ3) is 7.19. The van der Waals surface area contributed by atoms with Gasteiger partial charge in [0, 0.05) is 12.8 Å². The number of nitrogens with one attached hydrogen (secondary N) is 2. The predicted molar refractivity (Wildman–Crippen MR) is 102 cm³/mol. The summed E-state index contributed by atoms with van der Waals surface area (Å²) in [5.74, 6) is -2.52. The van der Waals surface area contributed by atoms with Gasteiger partial charge in [-0.25, -0.2) is 9.18 Å². The second-order valence-electron chi connectivity index (χ2n) is 6.55. The van der Waals surface area contributed by atoms with Gasteiger partial charge in [-0.3, -0.25) is 9.59 Å². The van der Waals surface area contributed by atoms with Crippen LogP contribution in [0, 0.1) is 12.7 Å². The molecule has 148 valence electrons. The summed E-state index contributed by atoms with van der Waals surface area (Å²) in [5.41, 5.74) is 2.74. The number of carboxylic acid groups (broad SMARTS) is 1. The van der Waals surface area contributed by atoms with Crippen LogP contribution in [0.25, 0.3) is 0 Å². The van der Waals surface area contributed by atoms with Crippen LogP contribution in [-0.2, 0) is 27.2 Å². The van der Waals surface area contributed by atoms with Crippen molar-refractivity contribution in [2.75, 3.05) is 6.54 Å². The second kappa shape index (κ2) is 10.2. The van der Waals surface area contributed by atoms with Crippen LogP contribution in [0.4, 0.5) is 4.39 Å². The highest BCUT2D eigenvalue weighted by Crippen LogP contribution is 2.07. The minimum Gasteiger partial charge on any atom is -0.480 e. The molecule has 0 radical (unpaired) electrons. The molecule has 28 heavy (non-hydrogen) atoms. The van der Waals surface area contributed by atoms with E-state index in [4.69, 9.17) is 0 Å². The first kappa shape index (κ1) is 21.1. The number of halogens is 1. The molecular weight excluding hydrogens is 363 g/mol. The Kier molecular flexibility index (Phi) is 7.68. The van der Waals surface area contributed by atoms with Gasteiger partial charge < -0.3 is 15.7 Å². The summed E-state index contributed by atoms with van der Waals surface area (Å²) < 4.78 is 12.9. The molecule has 6 nitrogen and oxygen atoms in total. The molecule has 0 unspecified atom stereocenters.